The lowest BCUT2D eigenvalue weighted by molar-refractivity contribution is -0.385. The second kappa shape index (κ2) is 6.36. The monoisotopic (exact) mass is 280 g/mol. The molecule has 0 unspecified atom stereocenters. The van der Waals surface area contributed by atoms with Crippen molar-refractivity contribution in [1.82, 2.24) is 5.32 Å². The highest BCUT2D eigenvalue weighted by Crippen LogP contribution is 2.27. The SMILES string of the molecule is CCC(CC)(CC)NC(=O)c1ccc([N+](=O)[O-])c(O)c1. The number of phenolic OH excluding ortho intramolecular Hbond substituents is 1. The Hall–Kier alpha value is -2.11. The molecule has 0 heterocycles. The molecule has 0 aliphatic carbocycles. The molecule has 1 aromatic rings. The van der Waals surface area contributed by atoms with Gasteiger partial charge in [-0.3, -0.25) is 14.9 Å². The van der Waals surface area contributed by atoms with Gasteiger partial charge in [-0.05, 0) is 31.4 Å². The van der Waals surface area contributed by atoms with Crippen molar-refractivity contribution >= 4 is 11.6 Å². The van der Waals surface area contributed by atoms with Gasteiger partial charge in [0.15, 0.2) is 5.75 Å². The van der Waals surface area contributed by atoms with Gasteiger partial charge in [0.1, 0.15) is 0 Å². The van der Waals surface area contributed by atoms with E-state index >= 15 is 0 Å². The highest BCUT2D eigenvalue weighted by atomic mass is 16.6. The quantitative estimate of drug-likeness (QED) is 0.618. The summed E-state index contributed by atoms with van der Waals surface area (Å²) in [6.07, 6.45) is 2.39. The summed E-state index contributed by atoms with van der Waals surface area (Å²) in [4.78, 5) is 22.1. The summed E-state index contributed by atoms with van der Waals surface area (Å²) in [5.41, 5.74) is -0.476. The molecule has 0 saturated heterocycles. The van der Waals surface area contributed by atoms with Crippen LogP contribution in [0.1, 0.15) is 50.4 Å². The summed E-state index contributed by atoms with van der Waals surface area (Å²) in [5, 5.41) is 23.1. The third-order valence-electron chi connectivity index (χ3n) is 3.84. The van der Waals surface area contributed by atoms with E-state index in [9.17, 15) is 20.0 Å². The first kappa shape index (κ1) is 15.9. The predicted octanol–water partition coefficient (Wildman–Crippen LogP) is 3.00. The van der Waals surface area contributed by atoms with Crippen LogP contribution in [0.25, 0.3) is 0 Å². The Labute approximate surface area is 118 Å². The molecule has 0 fully saturated rings. The van der Waals surface area contributed by atoms with E-state index in [1.165, 1.54) is 6.07 Å². The number of rotatable bonds is 6. The molecule has 0 radical (unpaired) electrons. The van der Waals surface area contributed by atoms with E-state index in [4.69, 9.17) is 0 Å². The molecule has 6 nitrogen and oxygen atoms in total. The van der Waals surface area contributed by atoms with Crippen LogP contribution in [0.5, 0.6) is 5.75 Å². The molecule has 0 atom stereocenters. The first-order valence-corrected chi connectivity index (χ1v) is 6.69. The highest BCUT2D eigenvalue weighted by molar-refractivity contribution is 5.95. The van der Waals surface area contributed by atoms with Crippen LogP contribution in [-0.4, -0.2) is 21.5 Å². The van der Waals surface area contributed by atoms with Crippen LogP contribution < -0.4 is 5.32 Å². The molecule has 1 aromatic carbocycles. The molecular formula is C14H20N2O4. The fraction of sp³-hybridized carbons (Fsp3) is 0.500. The molecule has 0 aliphatic rings. The number of carbonyl (C=O) groups excluding carboxylic acids is 1. The number of nitro benzene ring substituents is 1. The second-order valence-corrected chi connectivity index (χ2v) is 4.76. The minimum Gasteiger partial charge on any atom is -0.502 e. The molecule has 0 bridgehead atoms. The highest BCUT2D eigenvalue weighted by Gasteiger charge is 2.27. The summed E-state index contributed by atoms with van der Waals surface area (Å²) >= 11 is 0. The molecule has 2 N–H and O–H groups in total. The largest absolute Gasteiger partial charge is 0.502 e. The standard InChI is InChI=1S/C14H20N2O4/c1-4-14(5-2,6-3)15-13(18)10-7-8-11(16(19)20)12(17)9-10/h7-9,17H,4-6H2,1-3H3,(H,15,18). The van der Waals surface area contributed by atoms with Gasteiger partial charge in [0.25, 0.3) is 5.91 Å². The van der Waals surface area contributed by atoms with Crippen LogP contribution in [0.15, 0.2) is 18.2 Å². The number of hydrogen-bond donors (Lipinski definition) is 2. The minimum absolute atomic E-state index is 0.216. The van der Waals surface area contributed by atoms with Gasteiger partial charge in [0.2, 0.25) is 0 Å². The molecule has 1 rings (SSSR count). The molecule has 0 saturated carbocycles. The van der Waals surface area contributed by atoms with E-state index in [0.717, 1.165) is 31.4 Å². The smallest absolute Gasteiger partial charge is 0.310 e. The van der Waals surface area contributed by atoms with Gasteiger partial charge < -0.3 is 10.4 Å². The number of hydrogen-bond acceptors (Lipinski definition) is 4. The Bertz CT molecular complexity index is 502. The maximum atomic E-state index is 12.2. The van der Waals surface area contributed by atoms with Crippen LogP contribution in [0.3, 0.4) is 0 Å². The van der Waals surface area contributed by atoms with Crippen molar-refractivity contribution < 1.29 is 14.8 Å². The van der Waals surface area contributed by atoms with Crippen LogP contribution in [-0.2, 0) is 0 Å². The summed E-state index contributed by atoms with van der Waals surface area (Å²) in [6, 6.07) is 3.61. The Morgan fingerprint density at radius 3 is 2.25 bits per heavy atom. The summed E-state index contributed by atoms with van der Waals surface area (Å²) in [7, 11) is 0. The Morgan fingerprint density at radius 1 is 1.30 bits per heavy atom. The molecule has 0 aromatic heterocycles. The summed E-state index contributed by atoms with van der Waals surface area (Å²) in [6.45, 7) is 6.00. The van der Waals surface area contributed by atoms with Gasteiger partial charge in [0.05, 0.1) is 4.92 Å². The van der Waals surface area contributed by atoms with E-state index in [-0.39, 0.29) is 17.0 Å². The number of nitrogens with zero attached hydrogens (tertiary/aromatic N) is 1. The minimum atomic E-state index is -0.689. The molecule has 110 valence electrons. The Morgan fingerprint density at radius 2 is 1.85 bits per heavy atom. The number of benzene rings is 1. The number of aromatic hydroxyl groups is 1. The lowest BCUT2D eigenvalue weighted by Gasteiger charge is -2.31. The topological polar surface area (TPSA) is 92.5 Å². The van der Waals surface area contributed by atoms with Gasteiger partial charge in [-0.1, -0.05) is 20.8 Å². The number of phenols is 1. The summed E-state index contributed by atoms with van der Waals surface area (Å²) < 4.78 is 0. The Kier molecular flexibility index (Phi) is 5.07. The maximum absolute atomic E-state index is 12.2. The van der Waals surface area contributed by atoms with Crippen molar-refractivity contribution in [2.24, 2.45) is 0 Å². The zero-order chi connectivity index (χ0) is 15.3. The maximum Gasteiger partial charge on any atom is 0.310 e. The second-order valence-electron chi connectivity index (χ2n) is 4.76. The fourth-order valence-electron chi connectivity index (χ4n) is 2.15. The molecule has 0 spiro atoms. The van der Waals surface area contributed by atoms with Crippen LogP contribution in [0.4, 0.5) is 5.69 Å². The third-order valence-corrected chi connectivity index (χ3v) is 3.84. The zero-order valence-electron chi connectivity index (χ0n) is 12.0. The predicted molar refractivity (Wildman–Crippen MR) is 75.8 cm³/mol. The van der Waals surface area contributed by atoms with E-state index < -0.39 is 16.4 Å². The lowest BCUT2D eigenvalue weighted by atomic mass is 9.89. The van der Waals surface area contributed by atoms with Gasteiger partial charge in [-0.15, -0.1) is 0 Å². The van der Waals surface area contributed by atoms with Crippen molar-refractivity contribution in [2.45, 2.75) is 45.6 Å². The number of amides is 1. The number of nitrogens with one attached hydrogen (secondary N) is 1. The molecule has 0 aliphatic heterocycles. The molecule has 20 heavy (non-hydrogen) atoms. The third kappa shape index (κ3) is 3.26. The van der Waals surface area contributed by atoms with E-state index in [2.05, 4.69) is 5.32 Å². The fourth-order valence-corrected chi connectivity index (χ4v) is 2.15. The average Bonchev–Trinajstić information content (AvgIpc) is 2.44. The summed E-state index contributed by atoms with van der Waals surface area (Å²) in [5.74, 6) is -0.835. The van der Waals surface area contributed by atoms with Crippen molar-refractivity contribution in [3.05, 3.63) is 33.9 Å². The molecule has 1 amide bonds. The van der Waals surface area contributed by atoms with E-state index in [1.54, 1.807) is 0 Å². The van der Waals surface area contributed by atoms with E-state index in [0.29, 0.717) is 0 Å². The van der Waals surface area contributed by atoms with Gasteiger partial charge in [-0.2, -0.15) is 0 Å². The molecular weight excluding hydrogens is 260 g/mol. The van der Waals surface area contributed by atoms with Crippen molar-refractivity contribution in [2.75, 3.05) is 0 Å². The number of carbonyl (C=O) groups is 1. The van der Waals surface area contributed by atoms with Crippen LogP contribution >= 0.6 is 0 Å². The Balaban J connectivity index is 2.99. The van der Waals surface area contributed by atoms with E-state index in [1.807, 2.05) is 20.8 Å². The van der Waals surface area contributed by atoms with Crippen LogP contribution in [0.2, 0.25) is 0 Å². The van der Waals surface area contributed by atoms with Crippen LogP contribution in [0, 0.1) is 10.1 Å². The first-order chi connectivity index (χ1) is 9.39. The molecule has 6 heteroatoms. The van der Waals surface area contributed by atoms with Gasteiger partial charge in [-0.25, -0.2) is 0 Å². The number of nitro groups is 1. The van der Waals surface area contributed by atoms with Gasteiger partial charge >= 0.3 is 5.69 Å². The first-order valence-electron chi connectivity index (χ1n) is 6.69. The van der Waals surface area contributed by atoms with Crippen molar-refractivity contribution in [3.8, 4) is 5.75 Å². The lowest BCUT2D eigenvalue weighted by Crippen LogP contribution is -2.47. The zero-order valence-corrected chi connectivity index (χ0v) is 12.0. The average molecular weight is 280 g/mol. The van der Waals surface area contributed by atoms with Crippen molar-refractivity contribution in [3.63, 3.8) is 0 Å². The van der Waals surface area contributed by atoms with Gasteiger partial charge in [0, 0.05) is 17.2 Å². The normalized spacial score (nSPS) is 11.2. The van der Waals surface area contributed by atoms with Crippen molar-refractivity contribution in [1.29, 1.82) is 0 Å².